The third-order valence-electron chi connectivity index (χ3n) is 8.90. The van der Waals surface area contributed by atoms with Gasteiger partial charge in [0.25, 0.3) is 0 Å². The number of carbonyl (C=O) groups excluding carboxylic acids is 1. The number of epoxide rings is 1. The maximum Gasteiger partial charge on any atom is 0.160 e. The van der Waals surface area contributed by atoms with Gasteiger partial charge in [-0.15, -0.1) is 11.3 Å². The first-order chi connectivity index (χ1) is 17.7. The fraction of sp³-hybridized carbons (Fsp3) is 0.800. The first kappa shape index (κ1) is 31.4. The molecule has 1 aromatic rings. The van der Waals surface area contributed by atoms with Crippen LogP contribution in [0.5, 0.6) is 0 Å². The van der Waals surface area contributed by atoms with Gasteiger partial charge in [-0.05, 0) is 57.6 Å². The molecule has 1 unspecified atom stereocenters. The Balaban J connectivity index is 1.96. The average Bonchev–Trinajstić information content (AvgIpc) is 3.30. The van der Waals surface area contributed by atoms with Crippen molar-refractivity contribution in [2.75, 3.05) is 0 Å². The van der Waals surface area contributed by atoms with E-state index < -0.39 is 41.9 Å². The monoisotopic (exact) mass is 551 g/mol. The van der Waals surface area contributed by atoms with Crippen molar-refractivity contribution in [1.29, 1.82) is 0 Å². The smallest absolute Gasteiger partial charge is 0.160 e. The van der Waals surface area contributed by atoms with E-state index in [0.717, 1.165) is 35.5 Å². The van der Waals surface area contributed by atoms with E-state index in [1.807, 2.05) is 39.2 Å². The van der Waals surface area contributed by atoms with Gasteiger partial charge in [-0.2, -0.15) is 0 Å². The SMILES string of the molecule is CCCC1[C@@H](O)O[C@H](C(C)=Cc2csc(C)n2)C[C@@H]2O[C@]2(C)CCC[C@H](C)[C@H](O)[C@@H](C)C(=O)C(C)(C)[C@H]1O. The third kappa shape index (κ3) is 7.12. The molecular formula is C30H49NO6S. The number of aliphatic hydroxyl groups is 3. The largest absolute Gasteiger partial charge is 0.392 e. The van der Waals surface area contributed by atoms with Gasteiger partial charge in [-0.1, -0.05) is 47.5 Å². The van der Waals surface area contributed by atoms with Crippen LogP contribution in [0.1, 0.15) is 97.7 Å². The highest BCUT2D eigenvalue weighted by Crippen LogP contribution is 2.45. The highest BCUT2D eigenvalue weighted by atomic mass is 32.1. The normalized spacial score (nSPS) is 39.6. The molecule has 0 aliphatic carbocycles. The molecule has 2 aliphatic rings. The third-order valence-corrected chi connectivity index (χ3v) is 9.69. The lowest BCUT2D eigenvalue weighted by Crippen LogP contribution is -2.50. The van der Waals surface area contributed by atoms with Gasteiger partial charge in [0.05, 0.1) is 46.1 Å². The topological polar surface area (TPSA) is 112 Å². The lowest BCUT2D eigenvalue weighted by atomic mass is 9.69. The number of ketones is 1. The minimum absolute atomic E-state index is 0.0140. The molecule has 3 N–H and O–H groups in total. The Morgan fingerprint density at radius 2 is 1.92 bits per heavy atom. The van der Waals surface area contributed by atoms with Gasteiger partial charge in [0.15, 0.2) is 6.29 Å². The first-order valence-corrected chi connectivity index (χ1v) is 15.1. The molecule has 0 spiro atoms. The number of thiazole rings is 1. The van der Waals surface area contributed by atoms with Crippen LogP contribution in [-0.4, -0.2) is 62.4 Å². The standard InChI is InChI=1S/C30H49NO6S/c1-9-11-22-27(34)29(6,7)26(33)19(4)25(32)17(2)12-10-13-30(8)24(37-30)15-23(36-28(22)35)18(3)14-21-16-38-20(5)31-21/h14,16-17,19,22-25,27-28,32,34-35H,9-13,15H2,1-8H3/t17-,19+,22?,23-,24-,25-,27-,28-,30+/m0/s1. The highest BCUT2D eigenvalue weighted by Gasteiger charge is 2.53. The van der Waals surface area contributed by atoms with Crippen LogP contribution in [0.2, 0.25) is 0 Å². The molecule has 0 radical (unpaired) electrons. The fourth-order valence-electron chi connectivity index (χ4n) is 6.04. The molecule has 3 heterocycles. The van der Waals surface area contributed by atoms with Crippen molar-refractivity contribution in [3.63, 3.8) is 0 Å². The second-order valence-corrected chi connectivity index (χ2v) is 13.5. The van der Waals surface area contributed by atoms with Crippen LogP contribution in [0.4, 0.5) is 0 Å². The number of Topliss-reactive ketones (excluding diaryl/α,β-unsaturated/α-hetero) is 1. The van der Waals surface area contributed by atoms with Crippen molar-refractivity contribution >= 4 is 23.2 Å². The van der Waals surface area contributed by atoms with Crippen molar-refractivity contribution in [1.82, 2.24) is 4.98 Å². The van der Waals surface area contributed by atoms with E-state index >= 15 is 0 Å². The van der Waals surface area contributed by atoms with Crippen LogP contribution in [0.25, 0.3) is 6.08 Å². The van der Waals surface area contributed by atoms with Gasteiger partial charge in [-0.3, -0.25) is 4.79 Å². The van der Waals surface area contributed by atoms with Crippen LogP contribution in [0.3, 0.4) is 0 Å². The molecule has 2 saturated heterocycles. The van der Waals surface area contributed by atoms with Crippen LogP contribution in [0, 0.1) is 30.1 Å². The number of nitrogens with zero attached hydrogens (tertiary/aromatic N) is 1. The summed E-state index contributed by atoms with van der Waals surface area (Å²) in [6, 6.07) is 0. The Bertz CT molecular complexity index is 976. The number of carbonyl (C=O) groups is 1. The highest BCUT2D eigenvalue weighted by molar-refractivity contribution is 7.09. The Labute approximate surface area is 232 Å². The zero-order valence-electron chi connectivity index (χ0n) is 24.4. The molecular weight excluding hydrogens is 502 g/mol. The predicted octanol–water partition coefficient (Wildman–Crippen LogP) is 5.30. The molecule has 1 aromatic heterocycles. The van der Waals surface area contributed by atoms with Crippen molar-refractivity contribution in [2.45, 2.75) is 130 Å². The lowest BCUT2D eigenvalue weighted by Gasteiger charge is -2.40. The van der Waals surface area contributed by atoms with Crippen LogP contribution in [-0.2, 0) is 14.3 Å². The molecule has 0 amide bonds. The second-order valence-electron chi connectivity index (χ2n) is 12.5. The lowest BCUT2D eigenvalue weighted by molar-refractivity contribution is -0.195. The van der Waals surface area contributed by atoms with Gasteiger partial charge in [-0.25, -0.2) is 4.98 Å². The second kappa shape index (κ2) is 12.6. The Hall–Kier alpha value is -1.16. The van der Waals surface area contributed by atoms with E-state index in [1.54, 1.807) is 32.1 Å². The first-order valence-electron chi connectivity index (χ1n) is 14.2. The van der Waals surface area contributed by atoms with Gasteiger partial charge >= 0.3 is 0 Å². The summed E-state index contributed by atoms with van der Waals surface area (Å²) in [7, 11) is 0. The maximum atomic E-state index is 13.6. The minimum Gasteiger partial charge on any atom is -0.392 e. The Morgan fingerprint density at radius 1 is 1.24 bits per heavy atom. The summed E-state index contributed by atoms with van der Waals surface area (Å²) < 4.78 is 12.5. The van der Waals surface area contributed by atoms with E-state index in [2.05, 4.69) is 11.9 Å². The summed E-state index contributed by atoms with van der Waals surface area (Å²) in [6.07, 6.45) is 2.60. The number of rotatable bonds is 4. The van der Waals surface area contributed by atoms with E-state index in [0.29, 0.717) is 19.3 Å². The zero-order valence-corrected chi connectivity index (χ0v) is 25.3. The average molecular weight is 552 g/mol. The van der Waals surface area contributed by atoms with E-state index in [9.17, 15) is 20.1 Å². The van der Waals surface area contributed by atoms with Crippen molar-refractivity contribution < 1.29 is 29.6 Å². The molecule has 0 saturated carbocycles. The van der Waals surface area contributed by atoms with Crippen LogP contribution >= 0.6 is 11.3 Å². The summed E-state index contributed by atoms with van der Waals surface area (Å²) in [5.74, 6) is -1.57. The van der Waals surface area contributed by atoms with Crippen molar-refractivity contribution in [3.05, 3.63) is 21.7 Å². The molecule has 0 aromatic carbocycles. The molecule has 216 valence electrons. The van der Waals surface area contributed by atoms with Crippen molar-refractivity contribution in [2.24, 2.45) is 23.2 Å². The van der Waals surface area contributed by atoms with Gasteiger partial charge in [0.1, 0.15) is 5.78 Å². The molecule has 3 rings (SSSR count). The number of aromatic nitrogens is 1. The summed E-state index contributed by atoms with van der Waals surface area (Å²) in [5, 5.41) is 36.9. The summed E-state index contributed by atoms with van der Waals surface area (Å²) >= 11 is 1.58. The van der Waals surface area contributed by atoms with Crippen LogP contribution < -0.4 is 0 Å². The molecule has 0 bridgehead atoms. The van der Waals surface area contributed by atoms with Gasteiger partial charge in [0.2, 0.25) is 0 Å². The number of hydrogen-bond acceptors (Lipinski definition) is 8. The summed E-state index contributed by atoms with van der Waals surface area (Å²) in [5.41, 5.74) is 0.335. The quantitative estimate of drug-likeness (QED) is 0.436. The molecule has 2 aliphatic heterocycles. The maximum absolute atomic E-state index is 13.6. The van der Waals surface area contributed by atoms with Gasteiger partial charge < -0.3 is 24.8 Å². The van der Waals surface area contributed by atoms with E-state index in [-0.39, 0.29) is 23.4 Å². The molecule has 7 nitrogen and oxygen atoms in total. The molecule has 38 heavy (non-hydrogen) atoms. The predicted molar refractivity (Wildman–Crippen MR) is 151 cm³/mol. The molecule has 8 heteroatoms. The summed E-state index contributed by atoms with van der Waals surface area (Å²) in [4.78, 5) is 18.1. The fourth-order valence-corrected chi connectivity index (χ4v) is 6.61. The van der Waals surface area contributed by atoms with Crippen molar-refractivity contribution in [3.8, 4) is 0 Å². The molecule has 9 atom stereocenters. The number of ether oxygens (including phenoxy) is 2. The Morgan fingerprint density at radius 3 is 2.53 bits per heavy atom. The molecule has 2 fully saturated rings. The Kier molecular flexibility index (Phi) is 10.4. The summed E-state index contributed by atoms with van der Waals surface area (Å²) in [6.45, 7) is 15.2. The zero-order chi connectivity index (χ0) is 28.4. The minimum atomic E-state index is -1.28. The number of fused-ring (bicyclic) bond motifs is 1. The van der Waals surface area contributed by atoms with E-state index in [4.69, 9.17) is 9.47 Å². The number of hydrogen-bond donors (Lipinski definition) is 3. The number of aliphatic hydroxyl groups excluding tert-OH is 3. The van der Waals surface area contributed by atoms with Gasteiger partial charge in [0, 0.05) is 23.6 Å². The number of aryl methyl sites for hydroxylation is 1. The van der Waals surface area contributed by atoms with E-state index in [1.165, 1.54) is 0 Å². The van der Waals surface area contributed by atoms with Crippen LogP contribution in [0.15, 0.2) is 11.0 Å².